The Morgan fingerprint density at radius 1 is 2.00 bits per heavy atom. The van der Waals surface area contributed by atoms with Gasteiger partial charge in [0.25, 0.3) is 0 Å². The predicted molar refractivity (Wildman–Crippen MR) is 32.7 cm³/mol. The minimum atomic E-state index is 0.368. The van der Waals surface area contributed by atoms with E-state index in [9.17, 15) is 0 Å². The molecule has 1 heterocycles. The molecule has 1 aliphatic heterocycles. The molecule has 0 saturated carbocycles. The lowest BCUT2D eigenvalue weighted by atomic mass is 10.3. The lowest BCUT2D eigenvalue weighted by Crippen LogP contribution is -1.99. The normalized spacial score (nSPS) is 31.9. The van der Waals surface area contributed by atoms with Gasteiger partial charge in [0.05, 0.1) is 17.5 Å². The van der Waals surface area contributed by atoms with E-state index in [1.165, 1.54) is 0 Å². The minimum absolute atomic E-state index is 0.368. The van der Waals surface area contributed by atoms with E-state index < -0.39 is 0 Å². The molecule has 0 N–H and O–H groups in total. The average molecular weight is 163 g/mol. The Morgan fingerprint density at radius 3 is 2.71 bits per heavy atom. The van der Waals surface area contributed by atoms with Crippen LogP contribution in [-0.4, -0.2) is 17.5 Å². The van der Waals surface area contributed by atoms with Gasteiger partial charge in [-0.2, -0.15) is 0 Å². The molecular weight excluding hydrogens is 156 g/mol. The summed E-state index contributed by atoms with van der Waals surface area (Å²) < 4.78 is 4.94. The van der Waals surface area contributed by atoms with Crippen molar-refractivity contribution < 1.29 is 4.74 Å². The van der Waals surface area contributed by atoms with E-state index >= 15 is 0 Å². The summed E-state index contributed by atoms with van der Waals surface area (Å²) in [6, 6.07) is 0. The molecule has 0 aliphatic carbocycles. The monoisotopic (exact) mass is 162 g/mol. The van der Waals surface area contributed by atoms with E-state index in [-0.39, 0.29) is 0 Å². The Kier molecular flexibility index (Phi) is 1.50. The number of rotatable bonds is 2. The zero-order valence-corrected chi connectivity index (χ0v) is 5.52. The molecule has 1 saturated heterocycles. The Balaban J connectivity index is 2.22. The van der Waals surface area contributed by atoms with Crippen molar-refractivity contribution in [1.82, 2.24) is 0 Å². The van der Waals surface area contributed by atoms with Crippen molar-refractivity contribution in [2.24, 2.45) is 0 Å². The van der Waals surface area contributed by atoms with Gasteiger partial charge in [-0.3, -0.25) is 0 Å². The second-order valence-corrected chi connectivity index (χ2v) is 2.61. The van der Waals surface area contributed by atoms with Crippen LogP contribution >= 0.6 is 15.9 Å². The summed E-state index contributed by atoms with van der Waals surface area (Å²) in [7, 11) is 0. The molecule has 40 valence electrons. The average Bonchev–Trinajstić information content (AvgIpc) is 2.44. The van der Waals surface area contributed by atoms with Gasteiger partial charge in [-0.05, 0) is 0 Å². The van der Waals surface area contributed by atoms with E-state index in [2.05, 4.69) is 22.5 Å². The second kappa shape index (κ2) is 1.97. The molecule has 1 aliphatic rings. The van der Waals surface area contributed by atoms with Crippen LogP contribution in [0.5, 0.6) is 0 Å². The summed E-state index contributed by atoms with van der Waals surface area (Å²) in [4.78, 5) is 0.368. The number of ether oxygens (including phenoxy) is 1. The van der Waals surface area contributed by atoms with Crippen molar-refractivity contribution in [1.29, 1.82) is 0 Å². The lowest BCUT2D eigenvalue weighted by Gasteiger charge is -1.91. The smallest absolute Gasteiger partial charge is 0.0969 e. The van der Waals surface area contributed by atoms with Gasteiger partial charge in [-0.25, -0.2) is 0 Å². The van der Waals surface area contributed by atoms with Crippen molar-refractivity contribution in [2.45, 2.75) is 10.9 Å². The molecule has 0 bridgehead atoms. The largest absolute Gasteiger partial charge is 0.372 e. The lowest BCUT2D eigenvalue weighted by molar-refractivity contribution is 0.415. The predicted octanol–water partition coefficient (Wildman–Crippen LogP) is 1.33. The van der Waals surface area contributed by atoms with E-state index in [4.69, 9.17) is 4.74 Å². The highest BCUT2D eigenvalue weighted by atomic mass is 79.9. The third-order valence-electron chi connectivity index (χ3n) is 0.939. The molecule has 7 heavy (non-hydrogen) atoms. The fourth-order valence-corrected chi connectivity index (χ4v) is 0.696. The number of alkyl halides is 1. The minimum Gasteiger partial charge on any atom is -0.372 e. The summed E-state index contributed by atoms with van der Waals surface area (Å²) in [5, 5.41) is 0. The Labute approximate surface area is 51.5 Å². The molecule has 0 aromatic rings. The zero-order valence-electron chi connectivity index (χ0n) is 3.93. The maximum Gasteiger partial charge on any atom is 0.0969 e. The number of epoxide rings is 1. The maximum absolute atomic E-state index is 4.94. The topological polar surface area (TPSA) is 12.5 Å². The van der Waals surface area contributed by atoms with Gasteiger partial charge in [0, 0.05) is 0 Å². The summed E-state index contributed by atoms with van der Waals surface area (Å²) >= 11 is 3.36. The van der Waals surface area contributed by atoms with Gasteiger partial charge in [0.1, 0.15) is 0 Å². The number of hydrogen-bond donors (Lipinski definition) is 0. The van der Waals surface area contributed by atoms with Gasteiger partial charge in [-0.1, -0.05) is 22.0 Å². The molecule has 2 atom stereocenters. The van der Waals surface area contributed by atoms with Crippen LogP contribution < -0.4 is 0 Å². The fraction of sp³-hybridized carbons (Fsp3) is 0.600. The van der Waals surface area contributed by atoms with Gasteiger partial charge in [0.2, 0.25) is 0 Å². The molecule has 0 spiro atoms. The first kappa shape index (κ1) is 5.32. The summed E-state index contributed by atoms with van der Waals surface area (Å²) in [5.74, 6) is 0. The van der Waals surface area contributed by atoms with E-state index in [0.29, 0.717) is 10.9 Å². The highest BCUT2D eigenvalue weighted by Gasteiger charge is 2.28. The van der Waals surface area contributed by atoms with E-state index in [1.54, 1.807) is 0 Å². The molecule has 2 heteroatoms. The van der Waals surface area contributed by atoms with Crippen LogP contribution in [0.25, 0.3) is 0 Å². The Bertz CT molecular complexity index is 78.1. The molecular formula is C5H7BrO. The van der Waals surface area contributed by atoms with E-state index in [0.717, 1.165) is 6.61 Å². The second-order valence-electron chi connectivity index (χ2n) is 1.55. The van der Waals surface area contributed by atoms with Crippen LogP contribution in [0.2, 0.25) is 0 Å². The standard InChI is InChI=1S/C5H7BrO/c1-2-4(6)5-3-7-5/h2,4-5H,1,3H2. The molecule has 0 radical (unpaired) electrons. The van der Waals surface area contributed by atoms with Crippen LogP contribution in [0, 0.1) is 0 Å². The van der Waals surface area contributed by atoms with Crippen LogP contribution in [0.4, 0.5) is 0 Å². The molecule has 1 rings (SSSR count). The van der Waals surface area contributed by atoms with Crippen LogP contribution in [0.3, 0.4) is 0 Å². The zero-order chi connectivity index (χ0) is 5.28. The first-order chi connectivity index (χ1) is 3.34. The van der Waals surface area contributed by atoms with Gasteiger partial charge >= 0.3 is 0 Å². The highest BCUT2D eigenvalue weighted by molar-refractivity contribution is 9.09. The SMILES string of the molecule is C=CC(Br)C1CO1. The van der Waals surface area contributed by atoms with Crippen molar-refractivity contribution in [3.8, 4) is 0 Å². The van der Waals surface area contributed by atoms with Crippen molar-refractivity contribution in [2.75, 3.05) is 6.61 Å². The number of hydrogen-bond acceptors (Lipinski definition) is 1. The molecule has 2 unspecified atom stereocenters. The maximum atomic E-state index is 4.94. The van der Waals surface area contributed by atoms with Gasteiger partial charge in [-0.15, -0.1) is 6.58 Å². The fourth-order valence-electron chi connectivity index (χ4n) is 0.391. The van der Waals surface area contributed by atoms with Crippen molar-refractivity contribution >= 4 is 15.9 Å². The van der Waals surface area contributed by atoms with Crippen molar-refractivity contribution in [3.63, 3.8) is 0 Å². The Morgan fingerprint density at radius 2 is 2.57 bits per heavy atom. The molecule has 0 aromatic heterocycles. The van der Waals surface area contributed by atoms with Crippen molar-refractivity contribution in [3.05, 3.63) is 12.7 Å². The van der Waals surface area contributed by atoms with Gasteiger partial charge in [0.15, 0.2) is 0 Å². The molecule has 0 aromatic carbocycles. The highest BCUT2D eigenvalue weighted by Crippen LogP contribution is 2.20. The quantitative estimate of drug-likeness (QED) is 0.340. The summed E-state index contributed by atoms with van der Waals surface area (Å²) in [6.07, 6.45) is 2.26. The van der Waals surface area contributed by atoms with Crippen LogP contribution in [0.1, 0.15) is 0 Å². The Hall–Kier alpha value is 0.180. The van der Waals surface area contributed by atoms with Crippen LogP contribution in [-0.2, 0) is 4.74 Å². The van der Waals surface area contributed by atoms with E-state index in [1.807, 2.05) is 6.08 Å². The summed E-state index contributed by atoms with van der Waals surface area (Å²) in [5.41, 5.74) is 0. The number of halogens is 1. The summed E-state index contributed by atoms with van der Waals surface area (Å²) in [6.45, 7) is 4.49. The first-order valence-corrected chi connectivity index (χ1v) is 3.14. The van der Waals surface area contributed by atoms with Crippen LogP contribution in [0.15, 0.2) is 12.7 Å². The molecule has 1 fully saturated rings. The third kappa shape index (κ3) is 1.28. The molecule has 1 nitrogen and oxygen atoms in total. The first-order valence-electron chi connectivity index (χ1n) is 2.23. The van der Waals surface area contributed by atoms with Gasteiger partial charge < -0.3 is 4.74 Å². The molecule has 0 amide bonds. The third-order valence-corrected chi connectivity index (χ3v) is 1.90.